The van der Waals surface area contributed by atoms with E-state index < -0.39 is 0 Å². The van der Waals surface area contributed by atoms with Crippen molar-refractivity contribution in [2.24, 2.45) is 0 Å². The number of hydrogen-bond donors (Lipinski definition) is 0. The molecule has 0 aliphatic carbocycles. The first kappa shape index (κ1) is 25.0. The van der Waals surface area contributed by atoms with Crippen molar-refractivity contribution in [3.8, 4) is 27.9 Å². The highest BCUT2D eigenvalue weighted by Crippen LogP contribution is 2.39. The van der Waals surface area contributed by atoms with Crippen LogP contribution in [0.15, 0.2) is 140 Å². The molecule has 0 fully saturated rings. The number of amides is 2. The fourth-order valence-electron chi connectivity index (χ4n) is 6.28. The molecule has 0 radical (unpaired) electrons. The first-order valence-electron chi connectivity index (χ1n) is 14.4. The lowest BCUT2D eigenvalue weighted by Crippen LogP contribution is -2.29. The number of nitrogens with zero attached hydrogens (tertiary/aromatic N) is 2. The number of benzene rings is 6. The Morgan fingerprint density at radius 2 is 1.12 bits per heavy atom. The number of carbonyl (C=O) groups excluding carboxylic acids is 2. The summed E-state index contributed by atoms with van der Waals surface area (Å²) in [6.45, 7) is 2.09. The van der Waals surface area contributed by atoms with E-state index in [4.69, 9.17) is 0 Å². The number of aromatic nitrogens is 1. The van der Waals surface area contributed by atoms with Gasteiger partial charge in [-0.05, 0) is 71.6 Å². The fourth-order valence-corrected chi connectivity index (χ4v) is 6.28. The molecule has 1 aliphatic heterocycles. The second-order valence-corrected chi connectivity index (χ2v) is 11.0. The number of hydrogen-bond acceptors (Lipinski definition) is 2. The average Bonchev–Trinajstić information content (AvgIpc) is 3.52. The SMILES string of the molecule is Cc1ccc(-c2ccc3c(c2)c2ccccc2n3-c2cccc3c2C(=O)N(c2ccc(-c4ccccc4)cc2)C3=O)cc1. The van der Waals surface area contributed by atoms with Gasteiger partial charge >= 0.3 is 0 Å². The van der Waals surface area contributed by atoms with Gasteiger partial charge in [0.15, 0.2) is 0 Å². The third-order valence-corrected chi connectivity index (χ3v) is 8.42. The summed E-state index contributed by atoms with van der Waals surface area (Å²) in [5, 5.41) is 2.19. The Labute approximate surface area is 249 Å². The van der Waals surface area contributed by atoms with Gasteiger partial charge in [0.2, 0.25) is 0 Å². The van der Waals surface area contributed by atoms with E-state index in [1.165, 1.54) is 10.5 Å². The molecule has 0 saturated carbocycles. The summed E-state index contributed by atoms with van der Waals surface area (Å²) in [7, 11) is 0. The van der Waals surface area contributed by atoms with Crippen molar-refractivity contribution < 1.29 is 9.59 Å². The van der Waals surface area contributed by atoms with Crippen LogP contribution in [0, 0.1) is 6.92 Å². The van der Waals surface area contributed by atoms with Gasteiger partial charge in [-0.1, -0.05) is 103 Å². The van der Waals surface area contributed by atoms with Crippen molar-refractivity contribution >= 4 is 39.3 Å². The molecule has 0 atom stereocenters. The standard InChI is InChI=1S/C39H26N2O2/c1-25-14-16-28(17-15-25)29-20-23-35-33(24-29)31-10-5-6-12-34(31)41(35)36-13-7-11-32-37(36)39(43)40(38(32)42)30-21-18-27(19-22-30)26-8-3-2-4-9-26/h2-24H,1H3. The monoisotopic (exact) mass is 554 g/mol. The lowest BCUT2D eigenvalue weighted by molar-refractivity contribution is 0.0926. The molecule has 8 rings (SSSR count). The van der Waals surface area contributed by atoms with Gasteiger partial charge in [0.1, 0.15) is 0 Å². The largest absolute Gasteiger partial charge is 0.308 e. The predicted octanol–water partition coefficient (Wildman–Crippen LogP) is 9.23. The molecular weight excluding hydrogens is 528 g/mol. The summed E-state index contributed by atoms with van der Waals surface area (Å²) in [5.74, 6) is -0.623. The van der Waals surface area contributed by atoms with Crippen LogP contribution < -0.4 is 4.90 Å². The topological polar surface area (TPSA) is 42.3 Å². The number of rotatable bonds is 4. The Morgan fingerprint density at radius 3 is 1.91 bits per heavy atom. The number of aryl methyl sites for hydroxylation is 1. The third kappa shape index (κ3) is 3.92. The molecule has 43 heavy (non-hydrogen) atoms. The maximum Gasteiger partial charge on any atom is 0.268 e. The van der Waals surface area contributed by atoms with Crippen molar-refractivity contribution in [3.05, 3.63) is 156 Å². The summed E-state index contributed by atoms with van der Waals surface area (Å²) in [6.07, 6.45) is 0. The molecule has 0 unspecified atom stereocenters. The number of para-hydroxylation sites is 1. The molecule has 1 aromatic heterocycles. The van der Waals surface area contributed by atoms with Gasteiger partial charge in [-0.3, -0.25) is 9.59 Å². The van der Waals surface area contributed by atoms with Gasteiger partial charge in [-0.15, -0.1) is 0 Å². The van der Waals surface area contributed by atoms with Gasteiger partial charge in [-0.25, -0.2) is 4.90 Å². The zero-order chi connectivity index (χ0) is 29.1. The number of fused-ring (bicyclic) bond motifs is 4. The van der Waals surface area contributed by atoms with Crippen LogP contribution >= 0.6 is 0 Å². The lowest BCUT2D eigenvalue weighted by Gasteiger charge is -2.15. The van der Waals surface area contributed by atoms with Crippen LogP contribution in [0.2, 0.25) is 0 Å². The van der Waals surface area contributed by atoms with Gasteiger partial charge < -0.3 is 4.57 Å². The Kier molecular flexibility index (Phi) is 5.63. The van der Waals surface area contributed by atoms with Crippen LogP contribution in [0.3, 0.4) is 0 Å². The third-order valence-electron chi connectivity index (χ3n) is 8.42. The summed E-state index contributed by atoms with van der Waals surface area (Å²) in [5.41, 5.74) is 9.67. The number of carbonyl (C=O) groups is 2. The van der Waals surface area contributed by atoms with E-state index in [9.17, 15) is 9.59 Å². The molecule has 4 heteroatoms. The van der Waals surface area contributed by atoms with E-state index in [1.54, 1.807) is 6.07 Å². The molecule has 7 aromatic rings. The number of anilines is 1. The van der Waals surface area contributed by atoms with Crippen LogP contribution in [0.5, 0.6) is 0 Å². The van der Waals surface area contributed by atoms with Crippen molar-refractivity contribution in [1.29, 1.82) is 0 Å². The highest BCUT2D eigenvalue weighted by atomic mass is 16.2. The van der Waals surface area contributed by atoms with Crippen LogP contribution in [0.1, 0.15) is 26.3 Å². The van der Waals surface area contributed by atoms with E-state index >= 15 is 0 Å². The zero-order valence-corrected chi connectivity index (χ0v) is 23.5. The second-order valence-electron chi connectivity index (χ2n) is 11.0. The summed E-state index contributed by atoms with van der Waals surface area (Å²) >= 11 is 0. The fraction of sp³-hybridized carbons (Fsp3) is 0.0256. The highest BCUT2D eigenvalue weighted by molar-refractivity contribution is 6.35. The van der Waals surface area contributed by atoms with Crippen molar-refractivity contribution in [3.63, 3.8) is 0 Å². The summed E-state index contributed by atoms with van der Waals surface area (Å²) in [6, 6.07) is 46.4. The van der Waals surface area contributed by atoms with Crippen LogP contribution in [0.25, 0.3) is 49.7 Å². The quantitative estimate of drug-likeness (QED) is 0.204. The summed E-state index contributed by atoms with van der Waals surface area (Å²) in [4.78, 5) is 29.1. The predicted molar refractivity (Wildman–Crippen MR) is 174 cm³/mol. The Morgan fingerprint density at radius 1 is 0.488 bits per heavy atom. The molecule has 0 bridgehead atoms. The maximum atomic E-state index is 14.1. The normalized spacial score (nSPS) is 12.8. The first-order valence-corrected chi connectivity index (χ1v) is 14.4. The molecule has 4 nitrogen and oxygen atoms in total. The van der Waals surface area contributed by atoms with Crippen LogP contribution in [0.4, 0.5) is 5.69 Å². The molecule has 2 heterocycles. The Hall–Kier alpha value is -5.74. The van der Waals surface area contributed by atoms with Crippen LogP contribution in [-0.4, -0.2) is 16.4 Å². The van der Waals surface area contributed by atoms with Crippen molar-refractivity contribution in [1.82, 2.24) is 4.57 Å². The molecule has 0 saturated heterocycles. The lowest BCUT2D eigenvalue weighted by atomic mass is 10.0. The Bertz CT molecular complexity index is 2210. The number of imide groups is 1. The van der Waals surface area contributed by atoms with E-state index in [-0.39, 0.29) is 11.8 Å². The van der Waals surface area contributed by atoms with E-state index in [2.05, 4.69) is 66.1 Å². The summed E-state index contributed by atoms with van der Waals surface area (Å²) < 4.78 is 2.12. The van der Waals surface area contributed by atoms with Gasteiger partial charge in [0.05, 0.1) is 33.5 Å². The minimum Gasteiger partial charge on any atom is -0.308 e. The maximum absolute atomic E-state index is 14.1. The van der Waals surface area contributed by atoms with Crippen LogP contribution in [-0.2, 0) is 0 Å². The molecule has 0 spiro atoms. The van der Waals surface area contributed by atoms with Crippen molar-refractivity contribution in [2.75, 3.05) is 4.90 Å². The first-order chi connectivity index (χ1) is 21.1. The molecule has 1 aliphatic rings. The van der Waals surface area contributed by atoms with E-state index in [0.29, 0.717) is 22.5 Å². The molecular formula is C39H26N2O2. The van der Waals surface area contributed by atoms with Gasteiger partial charge in [0, 0.05) is 10.8 Å². The van der Waals surface area contributed by atoms with Gasteiger partial charge in [0.25, 0.3) is 11.8 Å². The molecule has 204 valence electrons. The second kappa shape index (κ2) is 9.68. The molecule has 6 aromatic carbocycles. The highest BCUT2D eigenvalue weighted by Gasteiger charge is 2.39. The molecule has 0 N–H and O–H groups in total. The Balaban J connectivity index is 1.26. The van der Waals surface area contributed by atoms with Crippen molar-refractivity contribution in [2.45, 2.75) is 6.92 Å². The zero-order valence-electron chi connectivity index (χ0n) is 23.5. The smallest absolute Gasteiger partial charge is 0.268 e. The minimum atomic E-state index is -0.315. The van der Waals surface area contributed by atoms with E-state index in [0.717, 1.165) is 44.1 Å². The van der Waals surface area contributed by atoms with E-state index in [1.807, 2.05) is 78.9 Å². The van der Waals surface area contributed by atoms with Gasteiger partial charge in [-0.2, -0.15) is 0 Å². The molecule has 2 amide bonds. The average molecular weight is 555 g/mol. The minimum absolute atomic E-state index is 0.309.